The second-order valence-electron chi connectivity index (χ2n) is 9.81. The fraction of sp³-hybridized carbons (Fsp3) is 0.727. The summed E-state index contributed by atoms with van der Waals surface area (Å²) in [5, 5.41) is 31.6. The third-order valence-corrected chi connectivity index (χ3v) is 8.99. The number of hydrogen-bond acceptors (Lipinski definition) is 5. The number of carboxylic acid groups (broad SMARTS) is 1. The van der Waals surface area contributed by atoms with Crippen LogP contribution in [0.1, 0.15) is 51.9 Å². The maximum Gasteiger partial charge on any atom is 0.303 e. The number of ether oxygens (including phenoxy) is 1. The summed E-state index contributed by atoms with van der Waals surface area (Å²) in [7, 11) is 0. The predicted octanol–water partition coefficient (Wildman–Crippen LogP) is 2.29. The molecular formula is C22H27FO6. The number of fused-ring (bicyclic) bond motifs is 6. The molecule has 4 fully saturated rings. The van der Waals surface area contributed by atoms with E-state index in [4.69, 9.17) is 9.84 Å². The summed E-state index contributed by atoms with van der Waals surface area (Å²) in [4.78, 5) is 23.0. The molecule has 0 aromatic heterocycles. The Kier molecular flexibility index (Phi) is 3.86. The molecule has 3 N–H and O–H groups in total. The molecule has 3 saturated carbocycles. The Labute approximate surface area is 168 Å². The van der Waals surface area contributed by atoms with Crippen LogP contribution in [0.4, 0.5) is 4.39 Å². The Morgan fingerprint density at radius 3 is 2.83 bits per heavy atom. The number of allylic oxidation sites excluding steroid dienone is 4. The molecular weight excluding hydrogens is 379 g/mol. The fourth-order valence-electron chi connectivity index (χ4n) is 7.60. The van der Waals surface area contributed by atoms with Gasteiger partial charge in [0, 0.05) is 17.8 Å². The summed E-state index contributed by atoms with van der Waals surface area (Å²) in [5.41, 5.74) is -4.45. The number of carbonyl (C=O) groups excluding carboxylic acids is 1. The molecule has 0 amide bonds. The van der Waals surface area contributed by atoms with Crippen LogP contribution in [0.5, 0.6) is 0 Å². The van der Waals surface area contributed by atoms with Crippen LogP contribution < -0.4 is 0 Å². The van der Waals surface area contributed by atoms with Gasteiger partial charge in [-0.1, -0.05) is 11.6 Å². The van der Waals surface area contributed by atoms with E-state index in [1.54, 1.807) is 13.0 Å². The number of aliphatic hydroxyl groups excluding tert-OH is 1. The predicted molar refractivity (Wildman–Crippen MR) is 99.4 cm³/mol. The molecule has 6 nitrogen and oxygen atoms in total. The lowest BCUT2D eigenvalue weighted by atomic mass is 9.45. The second kappa shape index (κ2) is 5.77. The van der Waals surface area contributed by atoms with Gasteiger partial charge in [-0.3, -0.25) is 9.59 Å². The summed E-state index contributed by atoms with van der Waals surface area (Å²) in [6, 6.07) is 0. The van der Waals surface area contributed by atoms with Gasteiger partial charge >= 0.3 is 5.97 Å². The van der Waals surface area contributed by atoms with E-state index in [9.17, 15) is 19.8 Å². The van der Waals surface area contributed by atoms with Gasteiger partial charge in [0.2, 0.25) is 0 Å². The van der Waals surface area contributed by atoms with Crippen molar-refractivity contribution in [1.29, 1.82) is 0 Å². The zero-order valence-corrected chi connectivity index (χ0v) is 16.4. The number of aliphatic carboxylic acids is 1. The molecule has 5 rings (SSSR count). The summed E-state index contributed by atoms with van der Waals surface area (Å²) >= 11 is 0. The van der Waals surface area contributed by atoms with Gasteiger partial charge in [-0.25, -0.2) is 4.39 Å². The van der Waals surface area contributed by atoms with Gasteiger partial charge in [-0.15, -0.1) is 0 Å². The minimum absolute atomic E-state index is 0.0226. The zero-order chi connectivity index (χ0) is 20.8. The standard InChI is InChI=1S/C22H27FO6/c1-19-7-4-13(24)10-12(19)2-3-15-14-5-8-20(28,9-6-17(25)26)21(14)11-16(22(15,19)23)29-18(21)27/h4,7,10,14-16,18,27-28H,2-3,5-6,8-9,11H2,1H3,(H,25,26)/t14-,15-,16?,18?,19-,20+,21-,22-/m0/s1. The third-order valence-electron chi connectivity index (χ3n) is 8.99. The van der Waals surface area contributed by atoms with Gasteiger partial charge in [-0.05, 0) is 63.5 Å². The highest BCUT2D eigenvalue weighted by molar-refractivity contribution is 6.01. The van der Waals surface area contributed by atoms with Gasteiger partial charge in [0.1, 0.15) is 0 Å². The van der Waals surface area contributed by atoms with Crippen LogP contribution in [0.15, 0.2) is 23.8 Å². The molecule has 29 heavy (non-hydrogen) atoms. The molecule has 4 aliphatic carbocycles. The van der Waals surface area contributed by atoms with Crippen LogP contribution in [0.3, 0.4) is 0 Å². The SMILES string of the molecule is C[C@]12C=CC(=O)C=C1CC[C@H]1[C@@H]3CC[C@@](O)(CCC(=O)O)[C@@]34CC(OC4O)[C@@]12F. The molecule has 2 bridgehead atoms. The molecule has 1 aliphatic heterocycles. The Hall–Kier alpha value is -1.57. The van der Waals surface area contributed by atoms with E-state index < -0.39 is 46.4 Å². The maximum atomic E-state index is 17.1. The first-order valence-electron chi connectivity index (χ1n) is 10.5. The highest BCUT2D eigenvalue weighted by Gasteiger charge is 2.79. The second-order valence-corrected chi connectivity index (χ2v) is 9.81. The molecule has 7 heteroatoms. The van der Waals surface area contributed by atoms with Crippen LogP contribution >= 0.6 is 0 Å². The van der Waals surface area contributed by atoms with Crippen molar-refractivity contribution in [3.63, 3.8) is 0 Å². The lowest BCUT2D eigenvalue weighted by Crippen LogP contribution is -2.66. The quantitative estimate of drug-likeness (QED) is 0.664. The van der Waals surface area contributed by atoms with E-state index in [2.05, 4.69) is 0 Å². The molecule has 5 aliphatic rings. The summed E-state index contributed by atoms with van der Waals surface area (Å²) < 4.78 is 22.9. The summed E-state index contributed by atoms with van der Waals surface area (Å²) in [6.07, 6.45) is 4.30. The first kappa shape index (κ1) is 19.4. The third kappa shape index (κ3) is 2.11. The molecule has 1 spiro atoms. The Balaban J connectivity index is 1.60. The number of ketones is 1. The number of hydrogen-bond donors (Lipinski definition) is 3. The average Bonchev–Trinajstić information content (AvgIpc) is 3.14. The van der Waals surface area contributed by atoms with E-state index >= 15 is 4.39 Å². The number of halogens is 1. The van der Waals surface area contributed by atoms with Crippen molar-refractivity contribution in [2.75, 3.05) is 0 Å². The van der Waals surface area contributed by atoms with Gasteiger partial charge < -0.3 is 20.1 Å². The first-order chi connectivity index (χ1) is 13.6. The molecule has 0 radical (unpaired) electrons. The first-order valence-corrected chi connectivity index (χ1v) is 10.5. The van der Waals surface area contributed by atoms with Gasteiger partial charge in [0.05, 0.1) is 17.1 Å². The molecule has 158 valence electrons. The topological polar surface area (TPSA) is 104 Å². The highest BCUT2D eigenvalue weighted by Crippen LogP contribution is 2.74. The monoisotopic (exact) mass is 406 g/mol. The van der Waals surface area contributed by atoms with Gasteiger partial charge in [-0.2, -0.15) is 0 Å². The number of alkyl halides is 1. The van der Waals surface area contributed by atoms with E-state index in [1.807, 2.05) is 0 Å². The Morgan fingerprint density at radius 2 is 2.10 bits per heavy atom. The van der Waals surface area contributed by atoms with Crippen LogP contribution in [-0.4, -0.2) is 50.7 Å². The fourth-order valence-corrected chi connectivity index (χ4v) is 7.60. The van der Waals surface area contributed by atoms with Gasteiger partial charge in [0.25, 0.3) is 0 Å². The molecule has 1 saturated heterocycles. The summed E-state index contributed by atoms with van der Waals surface area (Å²) in [6.45, 7) is 1.81. The van der Waals surface area contributed by atoms with Crippen molar-refractivity contribution in [3.05, 3.63) is 23.8 Å². The zero-order valence-electron chi connectivity index (χ0n) is 16.4. The number of carboxylic acids is 1. The van der Waals surface area contributed by atoms with Crippen molar-refractivity contribution >= 4 is 11.8 Å². The lowest BCUT2D eigenvalue weighted by Gasteiger charge is -2.60. The molecule has 1 heterocycles. The Bertz CT molecular complexity index is 852. The van der Waals surface area contributed by atoms with E-state index in [1.165, 1.54) is 12.2 Å². The van der Waals surface area contributed by atoms with E-state index in [-0.39, 0.29) is 31.0 Å². The Morgan fingerprint density at radius 1 is 1.34 bits per heavy atom. The smallest absolute Gasteiger partial charge is 0.303 e. The number of aliphatic hydroxyl groups is 2. The van der Waals surface area contributed by atoms with Gasteiger partial charge in [0.15, 0.2) is 17.7 Å². The van der Waals surface area contributed by atoms with Crippen molar-refractivity contribution in [2.24, 2.45) is 22.7 Å². The van der Waals surface area contributed by atoms with Crippen LogP contribution in [0.2, 0.25) is 0 Å². The molecule has 8 atom stereocenters. The van der Waals surface area contributed by atoms with Crippen LogP contribution in [-0.2, 0) is 14.3 Å². The highest BCUT2D eigenvalue weighted by atomic mass is 19.1. The van der Waals surface area contributed by atoms with Crippen LogP contribution in [0.25, 0.3) is 0 Å². The minimum Gasteiger partial charge on any atom is -0.481 e. The number of carbonyl (C=O) groups is 2. The molecule has 2 unspecified atom stereocenters. The average molecular weight is 406 g/mol. The van der Waals surface area contributed by atoms with Crippen molar-refractivity contribution < 1.29 is 34.0 Å². The van der Waals surface area contributed by atoms with E-state index in [0.717, 1.165) is 5.57 Å². The summed E-state index contributed by atoms with van der Waals surface area (Å²) in [5.74, 6) is -1.88. The lowest BCUT2D eigenvalue weighted by molar-refractivity contribution is -0.199. The van der Waals surface area contributed by atoms with Crippen molar-refractivity contribution in [2.45, 2.75) is 75.5 Å². The van der Waals surface area contributed by atoms with Crippen molar-refractivity contribution in [1.82, 2.24) is 0 Å². The molecule has 0 aromatic carbocycles. The minimum atomic E-state index is -1.79. The van der Waals surface area contributed by atoms with E-state index in [0.29, 0.717) is 25.7 Å². The maximum absolute atomic E-state index is 17.1. The molecule has 0 aromatic rings. The van der Waals surface area contributed by atoms with Crippen molar-refractivity contribution in [3.8, 4) is 0 Å². The largest absolute Gasteiger partial charge is 0.481 e. The normalized spacial score (nSPS) is 52.6. The van der Waals surface area contributed by atoms with Crippen LogP contribution in [0, 0.1) is 22.7 Å². The number of rotatable bonds is 3.